The molecule has 1 aromatic carbocycles. The summed E-state index contributed by atoms with van der Waals surface area (Å²) in [5, 5.41) is 0. The number of hydrogen-bond acceptors (Lipinski definition) is 5. The van der Waals surface area contributed by atoms with Gasteiger partial charge in [-0.05, 0) is 39.0 Å². The van der Waals surface area contributed by atoms with Crippen LogP contribution in [0, 0.1) is 0 Å². The third-order valence-corrected chi connectivity index (χ3v) is 2.79. The van der Waals surface area contributed by atoms with E-state index in [2.05, 4.69) is 0 Å². The van der Waals surface area contributed by atoms with E-state index in [1.165, 1.54) is 6.07 Å². The summed E-state index contributed by atoms with van der Waals surface area (Å²) in [5.41, 5.74) is 4.27. The summed E-state index contributed by atoms with van der Waals surface area (Å²) >= 11 is 0. The standard InChI is InChI=1S/C11H14FNO4S/c1-11(2,3)17-10(14)7-4-5-8(13)9(6-7)18(12,15)16/h4-6H,13H2,1-3H3. The highest BCUT2D eigenvalue weighted by Crippen LogP contribution is 2.23. The number of esters is 1. The highest BCUT2D eigenvalue weighted by atomic mass is 32.3. The minimum Gasteiger partial charge on any atom is -0.456 e. The van der Waals surface area contributed by atoms with Crippen molar-refractivity contribution in [2.75, 3.05) is 5.73 Å². The Morgan fingerprint density at radius 1 is 1.33 bits per heavy atom. The molecule has 0 unspecified atom stereocenters. The molecule has 0 aliphatic heterocycles. The van der Waals surface area contributed by atoms with E-state index in [1.54, 1.807) is 20.8 Å². The summed E-state index contributed by atoms with van der Waals surface area (Å²) in [6.07, 6.45) is 0. The van der Waals surface area contributed by atoms with Gasteiger partial charge < -0.3 is 10.5 Å². The lowest BCUT2D eigenvalue weighted by Gasteiger charge is -2.19. The number of carbonyl (C=O) groups excluding carboxylic acids is 1. The van der Waals surface area contributed by atoms with Crippen LogP contribution in [-0.4, -0.2) is 20.0 Å². The molecule has 0 fully saturated rings. The highest BCUT2D eigenvalue weighted by molar-refractivity contribution is 7.86. The fourth-order valence-electron chi connectivity index (χ4n) is 1.21. The van der Waals surface area contributed by atoms with Crippen LogP contribution in [0.25, 0.3) is 0 Å². The molecule has 1 aromatic rings. The molecule has 2 N–H and O–H groups in total. The maximum atomic E-state index is 12.9. The molecule has 0 atom stereocenters. The van der Waals surface area contributed by atoms with E-state index in [0.29, 0.717) is 0 Å². The number of benzene rings is 1. The fraction of sp³-hybridized carbons (Fsp3) is 0.364. The predicted octanol–water partition coefficient (Wildman–Crippen LogP) is 1.88. The molecule has 1 rings (SSSR count). The third kappa shape index (κ3) is 3.69. The van der Waals surface area contributed by atoms with Crippen LogP contribution in [-0.2, 0) is 15.0 Å². The third-order valence-electron chi connectivity index (χ3n) is 1.91. The van der Waals surface area contributed by atoms with Crippen LogP contribution in [0.5, 0.6) is 0 Å². The minimum absolute atomic E-state index is 0.0737. The van der Waals surface area contributed by atoms with Crippen LogP contribution in [0.15, 0.2) is 23.1 Å². The zero-order valence-electron chi connectivity index (χ0n) is 10.2. The van der Waals surface area contributed by atoms with Gasteiger partial charge in [-0.2, -0.15) is 8.42 Å². The first-order chi connectivity index (χ1) is 8.00. The second-order valence-electron chi connectivity index (χ2n) is 4.69. The van der Waals surface area contributed by atoms with Gasteiger partial charge in [0.15, 0.2) is 0 Å². The molecule has 0 aliphatic carbocycles. The number of nitrogens with two attached hydrogens (primary N) is 1. The molecule has 0 radical (unpaired) electrons. The Kier molecular flexibility index (Phi) is 3.66. The van der Waals surface area contributed by atoms with Crippen molar-refractivity contribution < 1.29 is 21.8 Å². The van der Waals surface area contributed by atoms with E-state index in [-0.39, 0.29) is 11.3 Å². The zero-order valence-corrected chi connectivity index (χ0v) is 11.0. The lowest BCUT2D eigenvalue weighted by Crippen LogP contribution is -2.24. The summed E-state index contributed by atoms with van der Waals surface area (Å²) in [7, 11) is -4.97. The van der Waals surface area contributed by atoms with Crippen molar-refractivity contribution in [3.8, 4) is 0 Å². The van der Waals surface area contributed by atoms with Gasteiger partial charge in [0, 0.05) is 0 Å². The largest absolute Gasteiger partial charge is 0.456 e. The zero-order chi connectivity index (χ0) is 14.1. The second kappa shape index (κ2) is 4.56. The SMILES string of the molecule is CC(C)(C)OC(=O)c1ccc(N)c(S(=O)(=O)F)c1. The number of carbonyl (C=O) groups is 1. The molecular formula is C11H14FNO4S. The molecule has 0 amide bonds. The van der Waals surface area contributed by atoms with Gasteiger partial charge in [0.25, 0.3) is 0 Å². The highest BCUT2D eigenvalue weighted by Gasteiger charge is 2.22. The molecule has 0 saturated carbocycles. The van der Waals surface area contributed by atoms with E-state index in [9.17, 15) is 17.1 Å². The minimum atomic E-state index is -4.97. The van der Waals surface area contributed by atoms with Gasteiger partial charge in [-0.25, -0.2) is 4.79 Å². The first-order valence-corrected chi connectivity index (χ1v) is 6.46. The normalized spacial score (nSPS) is 12.2. The molecule has 0 spiro atoms. The molecule has 5 nitrogen and oxygen atoms in total. The molecular weight excluding hydrogens is 261 g/mol. The van der Waals surface area contributed by atoms with Crippen molar-refractivity contribution in [1.29, 1.82) is 0 Å². The van der Waals surface area contributed by atoms with E-state index in [4.69, 9.17) is 10.5 Å². The van der Waals surface area contributed by atoms with E-state index in [1.807, 2.05) is 0 Å². The molecule has 0 heterocycles. The Labute approximate surface area is 105 Å². The molecule has 18 heavy (non-hydrogen) atoms. The molecule has 0 bridgehead atoms. The van der Waals surface area contributed by atoms with Crippen LogP contribution >= 0.6 is 0 Å². The topological polar surface area (TPSA) is 86.5 Å². The van der Waals surface area contributed by atoms with Gasteiger partial charge in [0.05, 0.1) is 11.3 Å². The summed E-state index contributed by atoms with van der Waals surface area (Å²) in [6, 6.07) is 3.28. The van der Waals surface area contributed by atoms with E-state index >= 15 is 0 Å². The molecule has 7 heteroatoms. The van der Waals surface area contributed by atoms with E-state index < -0.39 is 26.7 Å². The number of hydrogen-bond donors (Lipinski definition) is 1. The van der Waals surface area contributed by atoms with Crippen LogP contribution in [0.3, 0.4) is 0 Å². The Balaban J connectivity index is 3.18. The molecule has 0 saturated heterocycles. The van der Waals surface area contributed by atoms with Crippen LogP contribution in [0.2, 0.25) is 0 Å². The Bertz CT molecular complexity index is 575. The van der Waals surface area contributed by atoms with Gasteiger partial charge in [-0.15, -0.1) is 3.89 Å². The number of ether oxygens (including phenoxy) is 1. The van der Waals surface area contributed by atoms with Gasteiger partial charge in [-0.3, -0.25) is 0 Å². The maximum Gasteiger partial charge on any atom is 0.338 e. The van der Waals surface area contributed by atoms with Crippen molar-refractivity contribution in [3.05, 3.63) is 23.8 Å². The van der Waals surface area contributed by atoms with Crippen LogP contribution in [0.4, 0.5) is 9.57 Å². The summed E-state index contributed by atoms with van der Waals surface area (Å²) < 4.78 is 39.6. The summed E-state index contributed by atoms with van der Waals surface area (Å²) in [5.74, 6) is -0.743. The van der Waals surface area contributed by atoms with Crippen molar-refractivity contribution in [3.63, 3.8) is 0 Å². The Hall–Kier alpha value is -1.63. The van der Waals surface area contributed by atoms with Crippen molar-refractivity contribution in [1.82, 2.24) is 0 Å². The quantitative estimate of drug-likeness (QED) is 0.506. The number of rotatable bonds is 2. The predicted molar refractivity (Wildman–Crippen MR) is 64.3 cm³/mol. The number of anilines is 1. The fourth-order valence-corrected chi connectivity index (χ4v) is 1.83. The lowest BCUT2D eigenvalue weighted by molar-refractivity contribution is 0.00693. The van der Waals surface area contributed by atoms with Gasteiger partial charge >= 0.3 is 16.2 Å². The van der Waals surface area contributed by atoms with Gasteiger partial charge in [0.1, 0.15) is 10.5 Å². The number of halogens is 1. The monoisotopic (exact) mass is 275 g/mol. The average molecular weight is 275 g/mol. The van der Waals surface area contributed by atoms with E-state index in [0.717, 1.165) is 12.1 Å². The Morgan fingerprint density at radius 3 is 2.33 bits per heavy atom. The van der Waals surface area contributed by atoms with Crippen LogP contribution in [0.1, 0.15) is 31.1 Å². The van der Waals surface area contributed by atoms with Crippen LogP contribution < -0.4 is 5.73 Å². The van der Waals surface area contributed by atoms with Gasteiger partial charge in [0.2, 0.25) is 0 Å². The molecule has 0 aliphatic rings. The van der Waals surface area contributed by atoms with Crippen molar-refractivity contribution in [2.45, 2.75) is 31.3 Å². The van der Waals surface area contributed by atoms with Crippen molar-refractivity contribution in [2.24, 2.45) is 0 Å². The second-order valence-corrected chi connectivity index (χ2v) is 6.01. The first kappa shape index (κ1) is 14.4. The first-order valence-electron chi connectivity index (χ1n) is 5.08. The molecule has 0 aromatic heterocycles. The number of nitrogen functional groups attached to an aromatic ring is 1. The average Bonchev–Trinajstić information content (AvgIpc) is 2.13. The lowest BCUT2D eigenvalue weighted by atomic mass is 10.1. The summed E-state index contributed by atoms with van der Waals surface area (Å²) in [6.45, 7) is 4.99. The van der Waals surface area contributed by atoms with Gasteiger partial charge in [-0.1, -0.05) is 0 Å². The maximum absolute atomic E-state index is 12.9. The molecule has 100 valence electrons. The smallest absolute Gasteiger partial charge is 0.338 e. The summed E-state index contributed by atoms with van der Waals surface area (Å²) in [4.78, 5) is 10.9. The van der Waals surface area contributed by atoms with Crippen molar-refractivity contribution >= 4 is 21.9 Å². The Morgan fingerprint density at radius 2 is 1.89 bits per heavy atom.